The molecule has 2 heterocycles. The number of hydrogen-bond acceptors (Lipinski definition) is 5. The Labute approximate surface area is 188 Å². The van der Waals surface area contributed by atoms with Gasteiger partial charge in [0.25, 0.3) is 15.9 Å². The van der Waals surface area contributed by atoms with Gasteiger partial charge in [0.05, 0.1) is 9.77 Å². The molecule has 0 saturated carbocycles. The summed E-state index contributed by atoms with van der Waals surface area (Å²) in [6, 6.07) is 8.32. The van der Waals surface area contributed by atoms with Gasteiger partial charge in [-0.2, -0.15) is 0 Å². The first kappa shape index (κ1) is 22.0. The zero-order valence-electron chi connectivity index (χ0n) is 17.7. The Morgan fingerprint density at radius 1 is 0.903 bits per heavy atom. The van der Waals surface area contributed by atoms with Gasteiger partial charge in [-0.1, -0.05) is 19.3 Å². The first-order valence-corrected chi connectivity index (χ1v) is 13.4. The number of nitrogens with one attached hydrogen (secondary N) is 2. The van der Waals surface area contributed by atoms with Crippen molar-refractivity contribution >= 4 is 38.8 Å². The van der Waals surface area contributed by atoms with Crippen LogP contribution in [0.25, 0.3) is 0 Å². The van der Waals surface area contributed by atoms with Crippen molar-refractivity contribution in [3.05, 3.63) is 45.6 Å². The van der Waals surface area contributed by atoms with Gasteiger partial charge in [-0.05, 0) is 74.4 Å². The fourth-order valence-corrected chi connectivity index (χ4v) is 6.28. The molecule has 6 nitrogen and oxygen atoms in total. The van der Waals surface area contributed by atoms with Crippen molar-refractivity contribution in [1.29, 1.82) is 0 Å². The molecule has 0 fully saturated rings. The second-order valence-corrected chi connectivity index (χ2v) is 11.0. The van der Waals surface area contributed by atoms with Gasteiger partial charge in [0.2, 0.25) is 0 Å². The standard InChI is InChI=1S/C23H29N3O3S2/c27-23(21-16-17-8-4-1-2-5-9-20(17)30-21)25-18-11-13-19(14-12-18)31(28,29)26-22-10-6-3-7-15-24-22/h11-14,16H,1-10,15H2,(H,24,26)(H,25,27). The summed E-state index contributed by atoms with van der Waals surface area (Å²) < 4.78 is 27.9. The first-order valence-electron chi connectivity index (χ1n) is 11.1. The third-order valence-corrected chi connectivity index (χ3v) is 8.40. The minimum Gasteiger partial charge on any atom is -0.321 e. The number of amides is 1. The fourth-order valence-electron chi connectivity index (χ4n) is 4.04. The third kappa shape index (κ3) is 5.74. The number of amidine groups is 1. The molecule has 0 atom stereocenters. The van der Waals surface area contributed by atoms with E-state index in [1.54, 1.807) is 23.5 Å². The number of nitrogens with zero attached hydrogens (tertiary/aromatic N) is 1. The monoisotopic (exact) mass is 459 g/mol. The van der Waals surface area contributed by atoms with Crippen LogP contribution in [0.2, 0.25) is 0 Å². The lowest BCUT2D eigenvalue weighted by Crippen LogP contribution is -2.30. The van der Waals surface area contributed by atoms with Crippen molar-refractivity contribution in [3.8, 4) is 0 Å². The Morgan fingerprint density at radius 3 is 2.42 bits per heavy atom. The number of fused-ring (bicyclic) bond motifs is 1. The molecule has 2 aliphatic rings. The van der Waals surface area contributed by atoms with Gasteiger partial charge in [0.15, 0.2) is 0 Å². The van der Waals surface area contributed by atoms with Crippen LogP contribution < -0.4 is 10.0 Å². The lowest BCUT2D eigenvalue weighted by Gasteiger charge is -2.10. The molecule has 2 N–H and O–H groups in total. The lowest BCUT2D eigenvalue weighted by atomic mass is 10.00. The zero-order valence-corrected chi connectivity index (χ0v) is 19.3. The molecule has 0 saturated heterocycles. The molecule has 166 valence electrons. The predicted molar refractivity (Wildman–Crippen MR) is 126 cm³/mol. The number of carbonyl (C=O) groups excluding carboxylic acids is 1. The summed E-state index contributed by atoms with van der Waals surface area (Å²) in [4.78, 5) is 19.3. The van der Waals surface area contributed by atoms with E-state index >= 15 is 0 Å². The highest BCUT2D eigenvalue weighted by atomic mass is 32.2. The Morgan fingerprint density at radius 2 is 1.61 bits per heavy atom. The topological polar surface area (TPSA) is 87.6 Å². The maximum absolute atomic E-state index is 12.7. The Bertz CT molecular complexity index is 1030. The molecule has 1 aromatic carbocycles. The van der Waals surface area contributed by atoms with Gasteiger partial charge >= 0.3 is 0 Å². The smallest absolute Gasteiger partial charge is 0.265 e. The van der Waals surface area contributed by atoms with E-state index in [9.17, 15) is 13.2 Å². The number of benzene rings is 1. The van der Waals surface area contributed by atoms with Crippen molar-refractivity contribution in [3.63, 3.8) is 0 Å². The largest absolute Gasteiger partial charge is 0.321 e. The molecule has 0 radical (unpaired) electrons. The van der Waals surface area contributed by atoms with E-state index in [0.717, 1.165) is 37.0 Å². The highest BCUT2D eigenvalue weighted by molar-refractivity contribution is 7.90. The van der Waals surface area contributed by atoms with E-state index in [-0.39, 0.29) is 10.8 Å². The van der Waals surface area contributed by atoms with Gasteiger partial charge in [-0.25, -0.2) is 8.42 Å². The van der Waals surface area contributed by atoms with Crippen LogP contribution in [0.4, 0.5) is 5.69 Å². The third-order valence-electron chi connectivity index (χ3n) is 5.77. The SMILES string of the molecule is O=C(Nc1ccc(S(=O)(=O)NC2=NCCCCC2)cc1)c1cc2c(s1)CCCCCC2. The molecule has 0 spiro atoms. The quantitative estimate of drug-likeness (QED) is 0.681. The second-order valence-electron chi connectivity index (χ2n) is 8.20. The second kappa shape index (κ2) is 9.96. The van der Waals surface area contributed by atoms with Gasteiger partial charge in [0.1, 0.15) is 5.84 Å². The average molecular weight is 460 g/mol. The Hall–Kier alpha value is -2.19. The summed E-state index contributed by atoms with van der Waals surface area (Å²) in [6.07, 6.45) is 10.6. The van der Waals surface area contributed by atoms with Crippen LogP contribution in [0.3, 0.4) is 0 Å². The van der Waals surface area contributed by atoms with Crippen LogP contribution in [0.15, 0.2) is 40.2 Å². The highest BCUT2D eigenvalue weighted by Gasteiger charge is 2.19. The summed E-state index contributed by atoms with van der Waals surface area (Å²) in [5.74, 6) is 0.390. The average Bonchev–Trinajstić information content (AvgIpc) is 2.94. The zero-order chi connectivity index (χ0) is 21.7. The van der Waals surface area contributed by atoms with E-state index in [1.165, 1.54) is 48.3 Å². The van der Waals surface area contributed by atoms with E-state index in [0.29, 0.717) is 24.5 Å². The molecule has 1 aliphatic carbocycles. The van der Waals surface area contributed by atoms with Crippen molar-refractivity contribution < 1.29 is 13.2 Å². The van der Waals surface area contributed by atoms with Gasteiger partial charge in [-0.3, -0.25) is 14.5 Å². The molecule has 31 heavy (non-hydrogen) atoms. The normalized spacial score (nSPS) is 17.5. The number of carbonyl (C=O) groups is 1. The number of thiophene rings is 1. The number of hydrogen-bond donors (Lipinski definition) is 2. The Kier molecular flexibility index (Phi) is 7.07. The molecule has 2 aromatic rings. The molecule has 1 amide bonds. The van der Waals surface area contributed by atoms with Crippen LogP contribution in [-0.4, -0.2) is 26.7 Å². The minimum atomic E-state index is -3.67. The van der Waals surface area contributed by atoms with Gasteiger partial charge < -0.3 is 5.32 Å². The number of rotatable bonds is 4. The summed E-state index contributed by atoms with van der Waals surface area (Å²) in [7, 11) is -3.67. The molecular weight excluding hydrogens is 430 g/mol. The lowest BCUT2D eigenvalue weighted by molar-refractivity contribution is 0.103. The van der Waals surface area contributed by atoms with Crippen LogP contribution in [0.5, 0.6) is 0 Å². The summed E-state index contributed by atoms with van der Waals surface area (Å²) in [5.41, 5.74) is 1.89. The Balaban J connectivity index is 1.41. The van der Waals surface area contributed by atoms with Crippen molar-refractivity contribution in [2.45, 2.75) is 69.1 Å². The minimum absolute atomic E-state index is 0.140. The molecular formula is C23H29N3O3S2. The number of sulfonamides is 1. The summed E-state index contributed by atoms with van der Waals surface area (Å²) in [5, 5.41) is 2.90. The first-order chi connectivity index (χ1) is 15.0. The predicted octanol–water partition coefficient (Wildman–Crippen LogP) is 4.91. The highest BCUT2D eigenvalue weighted by Crippen LogP contribution is 2.29. The number of aliphatic imine (C=N–C) groups is 1. The molecule has 1 aromatic heterocycles. The van der Waals surface area contributed by atoms with E-state index in [4.69, 9.17) is 0 Å². The van der Waals surface area contributed by atoms with Crippen LogP contribution in [0.1, 0.15) is 71.5 Å². The molecule has 8 heteroatoms. The summed E-state index contributed by atoms with van der Waals surface area (Å²) >= 11 is 1.58. The van der Waals surface area contributed by atoms with E-state index in [1.807, 2.05) is 6.07 Å². The van der Waals surface area contributed by atoms with Crippen molar-refractivity contribution in [2.24, 2.45) is 4.99 Å². The van der Waals surface area contributed by atoms with Crippen molar-refractivity contribution in [1.82, 2.24) is 4.72 Å². The maximum atomic E-state index is 12.7. The fraction of sp³-hybridized carbons (Fsp3) is 0.478. The molecule has 4 rings (SSSR count). The number of aryl methyl sites for hydroxylation is 2. The van der Waals surface area contributed by atoms with E-state index < -0.39 is 10.0 Å². The molecule has 0 unspecified atom stereocenters. The van der Waals surface area contributed by atoms with Crippen molar-refractivity contribution in [2.75, 3.05) is 11.9 Å². The van der Waals surface area contributed by atoms with Gasteiger partial charge in [0, 0.05) is 23.5 Å². The van der Waals surface area contributed by atoms with Crippen LogP contribution >= 0.6 is 11.3 Å². The van der Waals surface area contributed by atoms with Gasteiger partial charge in [-0.15, -0.1) is 11.3 Å². The van der Waals surface area contributed by atoms with E-state index in [2.05, 4.69) is 15.0 Å². The van der Waals surface area contributed by atoms with Crippen LogP contribution in [-0.2, 0) is 22.9 Å². The maximum Gasteiger partial charge on any atom is 0.265 e. The molecule has 1 aliphatic heterocycles. The van der Waals surface area contributed by atoms with Crippen LogP contribution in [0, 0.1) is 0 Å². The summed E-state index contributed by atoms with van der Waals surface area (Å²) in [6.45, 7) is 0.662. The molecule has 0 bridgehead atoms. The number of anilines is 1.